The number of carbonyl (C=O) groups excluding carboxylic acids is 1. The van der Waals surface area contributed by atoms with Crippen molar-refractivity contribution >= 4 is 5.91 Å². The van der Waals surface area contributed by atoms with E-state index in [2.05, 4.69) is 41.4 Å². The number of rotatable bonds is 1. The molecule has 2 aliphatic rings. The zero-order valence-corrected chi connectivity index (χ0v) is 12.3. The predicted octanol–water partition coefficient (Wildman–Crippen LogP) is 2.52. The average Bonchev–Trinajstić information content (AvgIpc) is 2.71. The first-order valence-corrected chi connectivity index (χ1v) is 7.83. The van der Waals surface area contributed by atoms with E-state index >= 15 is 0 Å². The third-order valence-corrected chi connectivity index (χ3v) is 4.72. The smallest absolute Gasteiger partial charge is 0.231 e. The van der Waals surface area contributed by atoms with Crippen LogP contribution in [0.15, 0.2) is 24.3 Å². The monoisotopic (exact) mass is 272 g/mol. The van der Waals surface area contributed by atoms with Crippen molar-refractivity contribution in [2.45, 2.75) is 38.6 Å². The lowest BCUT2D eigenvalue weighted by Crippen LogP contribution is -2.42. The summed E-state index contributed by atoms with van der Waals surface area (Å²) in [5, 5.41) is 3.39. The van der Waals surface area contributed by atoms with Crippen molar-refractivity contribution in [2.75, 3.05) is 19.6 Å². The Kier molecular flexibility index (Phi) is 4.06. The van der Waals surface area contributed by atoms with Crippen LogP contribution in [0.25, 0.3) is 0 Å². The predicted molar refractivity (Wildman–Crippen MR) is 80.5 cm³/mol. The Bertz CT molecular complexity index is 486. The van der Waals surface area contributed by atoms with E-state index in [-0.39, 0.29) is 5.92 Å². The first-order chi connectivity index (χ1) is 9.75. The lowest BCUT2D eigenvalue weighted by molar-refractivity contribution is -0.132. The number of amides is 1. The fraction of sp³-hybridized carbons (Fsp3) is 0.588. The highest BCUT2D eigenvalue weighted by molar-refractivity contribution is 5.84. The molecule has 2 aliphatic heterocycles. The fourth-order valence-corrected chi connectivity index (χ4v) is 3.42. The zero-order chi connectivity index (χ0) is 13.9. The van der Waals surface area contributed by atoms with Crippen molar-refractivity contribution in [3.05, 3.63) is 35.4 Å². The molecule has 20 heavy (non-hydrogen) atoms. The highest BCUT2D eigenvalue weighted by Gasteiger charge is 2.30. The van der Waals surface area contributed by atoms with E-state index in [1.165, 1.54) is 17.5 Å². The van der Waals surface area contributed by atoms with Crippen LogP contribution in [0.3, 0.4) is 0 Å². The SMILES string of the molecule is CC1CCCN(C(=O)C2CNCc3ccccc32)CC1. The van der Waals surface area contributed by atoms with E-state index in [4.69, 9.17) is 0 Å². The molecule has 0 bridgehead atoms. The maximum atomic E-state index is 12.9. The molecule has 0 aromatic heterocycles. The van der Waals surface area contributed by atoms with Gasteiger partial charge < -0.3 is 10.2 Å². The molecule has 0 radical (unpaired) electrons. The van der Waals surface area contributed by atoms with Gasteiger partial charge in [-0.2, -0.15) is 0 Å². The lowest BCUT2D eigenvalue weighted by atomic mass is 9.89. The van der Waals surface area contributed by atoms with Crippen LogP contribution in [0.5, 0.6) is 0 Å². The second kappa shape index (κ2) is 5.96. The summed E-state index contributed by atoms with van der Waals surface area (Å²) in [6.45, 7) is 5.82. The fourth-order valence-electron chi connectivity index (χ4n) is 3.42. The molecule has 108 valence electrons. The number of nitrogens with one attached hydrogen (secondary N) is 1. The summed E-state index contributed by atoms with van der Waals surface area (Å²) in [6, 6.07) is 8.36. The van der Waals surface area contributed by atoms with Gasteiger partial charge >= 0.3 is 0 Å². The van der Waals surface area contributed by atoms with E-state index in [0.717, 1.165) is 44.9 Å². The van der Waals surface area contributed by atoms with Crippen molar-refractivity contribution in [2.24, 2.45) is 5.92 Å². The molecule has 1 amide bonds. The summed E-state index contributed by atoms with van der Waals surface area (Å²) in [6.07, 6.45) is 3.55. The van der Waals surface area contributed by atoms with Crippen LogP contribution in [0.1, 0.15) is 43.2 Å². The molecule has 3 nitrogen and oxygen atoms in total. The number of nitrogens with zero attached hydrogens (tertiary/aromatic N) is 1. The van der Waals surface area contributed by atoms with E-state index in [1.807, 2.05) is 0 Å². The van der Waals surface area contributed by atoms with Crippen LogP contribution >= 0.6 is 0 Å². The summed E-state index contributed by atoms with van der Waals surface area (Å²) in [5.41, 5.74) is 2.51. The highest BCUT2D eigenvalue weighted by atomic mass is 16.2. The molecule has 0 aliphatic carbocycles. The third-order valence-electron chi connectivity index (χ3n) is 4.72. The van der Waals surface area contributed by atoms with E-state index < -0.39 is 0 Å². The minimum Gasteiger partial charge on any atom is -0.342 e. The number of carbonyl (C=O) groups is 1. The van der Waals surface area contributed by atoms with Gasteiger partial charge in [-0.15, -0.1) is 0 Å². The van der Waals surface area contributed by atoms with Gasteiger partial charge in [0.15, 0.2) is 0 Å². The summed E-state index contributed by atoms with van der Waals surface area (Å²) in [7, 11) is 0. The van der Waals surface area contributed by atoms with Crippen molar-refractivity contribution in [3.63, 3.8) is 0 Å². The van der Waals surface area contributed by atoms with Crippen LogP contribution in [0.2, 0.25) is 0 Å². The van der Waals surface area contributed by atoms with Crippen molar-refractivity contribution in [1.29, 1.82) is 0 Å². The van der Waals surface area contributed by atoms with Crippen molar-refractivity contribution < 1.29 is 4.79 Å². The van der Waals surface area contributed by atoms with Crippen LogP contribution < -0.4 is 5.32 Å². The Balaban J connectivity index is 1.77. The Morgan fingerprint density at radius 1 is 1.25 bits per heavy atom. The molecule has 0 saturated carbocycles. The van der Waals surface area contributed by atoms with E-state index in [0.29, 0.717) is 5.91 Å². The first kappa shape index (κ1) is 13.6. The maximum Gasteiger partial charge on any atom is 0.231 e. The number of benzene rings is 1. The molecular weight excluding hydrogens is 248 g/mol. The Labute approximate surface area is 121 Å². The van der Waals surface area contributed by atoms with Crippen LogP contribution in [0.4, 0.5) is 0 Å². The molecular formula is C17H24N2O. The van der Waals surface area contributed by atoms with Crippen molar-refractivity contribution in [1.82, 2.24) is 10.2 Å². The van der Waals surface area contributed by atoms with Gasteiger partial charge in [0.25, 0.3) is 0 Å². The van der Waals surface area contributed by atoms with Gasteiger partial charge in [0.05, 0.1) is 5.92 Å². The number of hydrogen-bond donors (Lipinski definition) is 1. The molecule has 1 N–H and O–H groups in total. The summed E-state index contributed by atoms with van der Waals surface area (Å²) in [4.78, 5) is 15.0. The lowest BCUT2D eigenvalue weighted by Gasteiger charge is -2.30. The summed E-state index contributed by atoms with van der Waals surface area (Å²) >= 11 is 0. The Hall–Kier alpha value is -1.35. The molecule has 2 unspecified atom stereocenters. The number of hydrogen-bond acceptors (Lipinski definition) is 2. The Morgan fingerprint density at radius 3 is 3.00 bits per heavy atom. The van der Waals surface area contributed by atoms with Gasteiger partial charge in [0, 0.05) is 26.2 Å². The molecule has 2 atom stereocenters. The topological polar surface area (TPSA) is 32.3 Å². The molecule has 1 aromatic carbocycles. The number of likely N-dealkylation sites (tertiary alicyclic amines) is 1. The second-order valence-electron chi connectivity index (χ2n) is 6.24. The Morgan fingerprint density at radius 2 is 2.10 bits per heavy atom. The van der Waals surface area contributed by atoms with Gasteiger partial charge in [0.2, 0.25) is 5.91 Å². The maximum absolute atomic E-state index is 12.9. The van der Waals surface area contributed by atoms with E-state index in [1.54, 1.807) is 0 Å². The van der Waals surface area contributed by atoms with Gasteiger partial charge in [-0.3, -0.25) is 4.79 Å². The zero-order valence-electron chi connectivity index (χ0n) is 12.3. The largest absolute Gasteiger partial charge is 0.342 e. The number of fused-ring (bicyclic) bond motifs is 1. The van der Waals surface area contributed by atoms with Crippen LogP contribution in [0, 0.1) is 5.92 Å². The molecule has 3 heteroatoms. The molecule has 2 heterocycles. The van der Waals surface area contributed by atoms with Gasteiger partial charge in [-0.25, -0.2) is 0 Å². The quantitative estimate of drug-likeness (QED) is 0.852. The summed E-state index contributed by atoms with van der Waals surface area (Å²) < 4.78 is 0. The minimum atomic E-state index is 0.00774. The van der Waals surface area contributed by atoms with Crippen molar-refractivity contribution in [3.8, 4) is 0 Å². The van der Waals surface area contributed by atoms with Gasteiger partial charge in [0.1, 0.15) is 0 Å². The van der Waals surface area contributed by atoms with Gasteiger partial charge in [-0.1, -0.05) is 31.2 Å². The molecule has 3 rings (SSSR count). The molecule has 1 fully saturated rings. The van der Waals surface area contributed by atoms with Crippen LogP contribution in [-0.4, -0.2) is 30.4 Å². The van der Waals surface area contributed by atoms with Crippen LogP contribution in [-0.2, 0) is 11.3 Å². The summed E-state index contributed by atoms with van der Waals surface area (Å²) in [5.74, 6) is 1.08. The minimum absolute atomic E-state index is 0.00774. The average molecular weight is 272 g/mol. The standard InChI is InChI=1S/C17H24N2O/c1-13-5-4-9-19(10-8-13)17(20)16-12-18-11-14-6-2-3-7-15(14)16/h2-3,6-7,13,16,18H,4-5,8-12H2,1H3. The molecule has 1 aromatic rings. The van der Waals surface area contributed by atoms with E-state index in [9.17, 15) is 4.79 Å². The molecule has 1 saturated heterocycles. The first-order valence-electron chi connectivity index (χ1n) is 7.83. The highest BCUT2D eigenvalue weighted by Crippen LogP contribution is 2.27. The third kappa shape index (κ3) is 2.73. The van der Waals surface area contributed by atoms with Gasteiger partial charge in [-0.05, 0) is 36.3 Å². The second-order valence-corrected chi connectivity index (χ2v) is 6.24. The normalized spacial score (nSPS) is 26.8. The molecule has 0 spiro atoms.